The Hall–Kier alpha value is -0.870. The Morgan fingerprint density at radius 3 is 2.59 bits per heavy atom. The Morgan fingerprint density at radius 2 is 2.00 bits per heavy atom. The molecule has 4 nitrogen and oxygen atoms in total. The third-order valence-corrected chi connectivity index (χ3v) is 2.53. The highest BCUT2D eigenvalue weighted by Gasteiger charge is 2.17. The van der Waals surface area contributed by atoms with E-state index in [1.807, 2.05) is 6.92 Å². The molecule has 0 aromatic rings. The number of aliphatic hydroxyl groups excluding tert-OH is 2. The van der Waals surface area contributed by atoms with Gasteiger partial charge in [0.25, 0.3) is 0 Å². The van der Waals surface area contributed by atoms with Gasteiger partial charge in [0.05, 0.1) is 18.3 Å². The largest absolute Gasteiger partial charge is 0.462 e. The van der Waals surface area contributed by atoms with Crippen LogP contribution in [0, 0.1) is 0 Å². The van der Waals surface area contributed by atoms with Gasteiger partial charge in [-0.25, -0.2) is 4.79 Å². The zero-order chi connectivity index (χ0) is 13.1. The van der Waals surface area contributed by atoms with E-state index >= 15 is 0 Å². The lowest BCUT2D eigenvalue weighted by Crippen LogP contribution is -2.19. The van der Waals surface area contributed by atoms with Gasteiger partial charge in [0.2, 0.25) is 0 Å². The van der Waals surface area contributed by atoms with Gasteiger partial charge in [0.15, 0.2) is 0 Å². The van der Waals surface area contributed by atoms with Crippen molar-refractivity contribution in [3.8, 4) is 0 Å². The average molecular weight is 244 g/mol. The molecule has 0 heterocycles. The fourth-order valence-corrected chi connectivity index (χ4v) is 1.34. The van der Waals surface area contributed by atoms with Crippen molar-refractivity contribution in [1.29, 1.82) is 0 Å². The lowest BCUT2D eigenvalue weighted by Gasteiger charge is -2.12. The summed E-state index contributed by atoms with van der Waals surface area (Å²) in [4.78, 5) is 11.4. The Kier molecular flexibility index (Phi) is 9.77. The molecule has 0 radical (unpaired) electrons. The van der Waals surface area contributed by atoms with Crippen molar-refractivity contribution in [1.82, 2.24) is 0 Å². The van der Waals surface area contributed by atoms with E-state index in [9.17, 15) is 9.90 Å². The van der Waals surface area contributed by atoms with Crippen LogP contribution in [-0.2, 0) is 9.53 Å². The standard InChI is InChI=1S/C13H24O4/c1-3-4-10-17-13(16)11(2)12(15)8-6-5-7-9-14/h12,14-15H,2-10H2,1H3. The number of ether oxygens (including phenoxy) is 1. The highest BCUT2D eigenvalue weighted by Crippen LogP contribution is 2.11. The lowest BCUT2D eigenvalue weighted by molar-refractivity contribution is -0.140. The smallest absolute Gasteiger partial charge is 0.336 e. The third kappa shape index (κ3) is 7.94. The molecular weight excluding hydrogens is 220 g/mol. The molecule has 0 fully saturated rings. The van der Waals surface area contributed by atoms with E-state index in [0.717, 1.165) is 32.1 Å². The summed E-state index contributed by atoms with van der Waals surface area (Å²) in [7, 11) is 0. The number of rotatable bonds is 10. The van der Waals surface area contributed by atoms with Gasteiger partial charge in [0, 0.05) is 6.61 Å². The fourth-order valence-electron chi connectivity index (χ4n) is 1.34. The topological polar surface area (TPSA) is 66.8 Å². The monoisotopic (exact) mass is 244 g/mol. The Morgan fingerprint density at radius 1 is 1.29 bits per heavy atom. The molecule has 0 bridgehead atoms. The predicted octanol–water partition coefficient (Wildman–Crippen LogP) is 1.80. The van der Waals surface area contributed by atoms with E-state index in [-0.39, 0.29) is 12.2 Å². The Balaban J connectivity index is 3.74. The lowest BCUT2D eigenvalue weighted by atomic mass is 10.0. The first-order valence-corrected chi connectivity index (χ1v) is 6.28. The van der Waals surface area contributed by atoms with Crippen molar-refractivity contribution in [2.24, 2.45) is 0 Å². The summed E-state index contributed by atoms with van der Waals surface area (Å²) in [5.41, 5.74) is 0.130. The normalized spacial score (nSPS) is 12.2. The van der Waals surface area contributed by atoms with Crippen molar-refractivity contribution in [2.75, 3.05) is 13.2 Å². The molecule has 0 saturated heterocycles. The van der Waals surface area contributed by atoms with Crippen molar-refractivity contribution >= 4 is 5.97 Å². The maximum Gasteiger partial charge on any atom is 0.336 e. The maximum atomic E-state index is 11.4. The second-order valence-electron chi connectivity index (χ2n) is 4.10. The van der Waals surface area contributed by atoms with Crippen LogP contribution in [0.2, 0.25) is 0 Å². The van der Waals surface area contributed by atoms with Gasteiger partial charge >= 0.3 is 5.97 Å². The minimum Gasteiger partial charge on any atom is -0.462 e. The molecule has 0 rings (SSSR count). The second kappa shape index (κ2) is 10.3. The van der Waals surface area contributed by atoms with E-state index < -0.39 is 12.1 Å². The van der Waals surface area contributed by atoms with Crippen LogP contribution in [0.25, 0.3) is 0 Å². The van der Waals surface area contributed by atoms with Crippen LogP contribution in [-0.4, -0.2) is 35.5 Å². The molecule has 0 aromatic carbocycles. The first kappa shape index (κ1) is 16.1. The van der Waals surface area contributed by atoms with Crippen LogP contribution in [0.5, 0.6) is 0 Å². The summed E-state index contributed by atoms with van der Waals surface area (Å²) in [6.45, 7) is 6.11. The minimum absolute atomic E-state index is 0.130. The first-order valence-electron chi connectivity index (χ1n) is 6.28. The van der Waals surface area contributed by atoms with Crippen LogP contribution < -0.4 is 0 Å². The maximum absolute atomic E-state index is 11.4. The van der Waals surface area contributed by atoms with E-state index in [4.69, 9.17) is 9.84 Å². The molecule has 0 saturated carbocycles. The van der Waals surface area contributed by atoms with Gasteiger partial charge < -0.3 is 14.9 Å². The molecule has 0 aliphatic heterocycles. The minimum atomic E-state index is -0.831. The Labute approximate surface area is 103 Å². The predicted molar refractivity (Wildman–Crippen MR) is 66.6 cm³/mol. The van der Waals surface area contributed by atoms with Gasteiger partial charge in [-0.05, 0) is 19.3 Å². The third-order valence-electron chi connectivity index (χ3n) is 2.53. The molecule has 100 valence electrons. The van der Waals surface area contributed by atoms with Crippen molar-refractivity contribution in [3.63, 3.8) is 0 Å². The van der Waals surface area contributed by atoms with Gasteiger partial charge in [0.1, 0.15) is 0 Å². The molecule has 0 aliphatic rings. The molecule has 0 amide bonds. The van der Waals surface area contributed by atoms with Crippen LogP contribution in [0.3, 0.4) is 0 Å². The molecule has 1 unspecified atom stereocenters. The van der Waals surface area contributed by atoms with Crippen molar-refractivity contribution in [2.45, 2.75) is 51.6 Å². The number of carbonyl (C=O) groups excluding carboxylic acids is 1. The quantitative estimate of drug-likeness (QED) is 0.349. The van der Waals surface area contributed by atoms with Crippen LogP contribution in [0.4, 0.5) is 0 Å². The summed E-state index contributed by atoms with van der Waals surface area (Å²) in [6, 6.07) is 0. The molecule has 17 heavy (non-hydrogen) atoms. The molecule has 2 N–H and O–H groups in total. The molecule has 4 heteroatoms. The summed E-state index contributed by atoms with van der Waals surface area (Å²) in [6.07, 6.45) is 3.77. The van der Waals surface area contributed by atoms with Gasteiger partial charge in [-0.3, -0.25) is 0 Å². The van der Waals surface area contributed by atoms with E-state index in [1.54, 1.807) is 0 Å². The molecular formula is C13H24O4. The van der Waals surface area contributed by atoms with Crippen LogP contribution in [0.1, 0.15) is 45.4 Å². The zero-order valence-electron chi connectivity index (χ0n) is 10.7. The number of unbranched alkanes of at least 4 members (excludes halogenated alkanes) is 3. The molecule has 0 aliphatic carbocycles. The second-order valence-corrected chi connectivity index (χ2v) is 4.10. The summed E-state index contributed by atoms with van der Waals surface area (Å²) < 4.78 is 4.95. The van der Waals surface area contributed by atoms with E-state index in [2.05, 4.69) is 6.58 Å². The van der Waals surface area contributed by atoms with Crippen LogP contribution >= 0.6 is 0 Å². The zero-order valence-corrected chi connectivity index (χ0v) is 10.7. The number of aliphatic hydroxyl groups is 2. The number of carbonyl (C=O) groups is 1. The number of hydrogen-bond acceptors (Lipinski definition) is 4. The SMILES string of the molecule is C=C(C(=O)OCCCC)C(O)CCCCCO. The summed E-state index contributed by atoms with van der Waals surface area (Å²) >= 11 is 0. The highest BCUT2D eigenvalue weighted by molar-refractivity contribution is 5.88. The first-order chi connectivity index (χ1) is 8.13. The number of hydrogen-bond donors (Lipinski definition) is 2. The molecule has 0 aromatic heterocycles. The summed E-state index contributed by atoms with van der Waals surface area (Å²) in [5, 5.41) is 18.3. The van der Waals surface area contributed by atoms with Gasteiger partial charge in [-0.15, -0.1) is 0 Å². The fraction of sp³-hybridized carbons (Fsp3) is 0.769. The van der Waals surface area contributed by atoms with Crippen molar-refractivity contribution in [3.05, 3.63) is 12.2 Å². The highest BCUT2D eigenvalue weighted by atomic mass is 16.5. The molecule has 0 spiro atoms. The van der Waals surface area contributed by atoms with Crippen LogP contribution in [0.15, 0.2) is 12.2 Å². The van der Waals surface area contributed by atoms with Gasteiger partial charge in [-0.1, -0.05) is 32.8 Å². The molecule has 1 atom stereocenters. The summed E-state index contributed by atoms with van der Waals surface area (Å²) in [5.74, 6) is -0.506. The van der Waals surface area contributed by atoms with Gasteiger partial charge in [-0.2, -0.15) is 0 Å². The number of esters is 1. The Bertz CT molecular complexity index is 225. The van der Waals surface area contributed by atoms with Crippen molar-refractivity contribution < 1.29 is 19.7 Å². The van der Waals surface area contributed by atoms with E-state index in [1.165, 1.54) is 0 Å². The average Bonchev–Trinajstić information content (AvgIpc) is 2.33. The van der Waals surface area contributed by atoms with E-state index in [0.29, 0.717) is 13.0 Å².